The zero-order chi connectivity index (χ0) is 23.8. The third-order valence-electron chi connectivity index (χ3n) is 4.83. The van der Waals surface area contributed by atoms with Crippen molar-refractivity contribution in [3.63, 3.8) is 0 Å². The predicted octanol–water partition coefficient (Wildman–Crippen LogP) is 3.93. The molecule has 1 unspecified atom stereocenters. The van der Waals surface area contributed by atoms with Gasteiger partial charge in [0, 0.05) is 18.2 Å². The number of nitrogens with zero attached hydrogens (tertiary/aromatic N) is 4. The number of hydrogen-bond donors (Lipinski definition) is 2. The van der Waals surface area contributed by atoms with E-state index < -0.39 is 53.9 Å². The second kappa shape index (κ2) is 8.62. The topological polar surface area (TPSA) is 98.6 Å². The molecular weight excluding hydrogens is 449 g/mol. The van der Waals surface area contributed by atoms with Crippen molar-refractivity contribution in [3.8, 4) is 16.9 Å². The second-order valence-electron chi connectivity index (χ2n) is 7.09. The number of anilines is 1. The average molecular weight is 465 g/mol. The molecular formula is C21H16F5N5O2. The number of ether oxygens (including phenoxy) is 1. The number of benzene rings is 1. The fourth-order valence-electron chi connectivity index (χ4n) is 3.15. The van der Waals surface area contributed by atoms with Crippen LogP contribution in [0.4, 0.5) is 27.9 Å². The Balaban J connectivity index is 1.51. The lowest BCUT2D eigenvalue weighted by Crippen LogP contribution is -2.29. The van der Waals surface area contributed by atoms with Gasteiger partial charge in [-0.1, -0.05) is 0 Å². The van der Waals surface area contributed by atoms with Crippen LogP contribution in [0.25, 0.3) is 16.8 Å². The van der Waals surface area contributed by atoms with Crippen LogP contribution < -0.4 is 10.5 Å². The lowest BCUT2D eigenvalue weighted by atomic mass is 10.1. The van der Waals surface area contributed by atoms with E-state index in [1.807, 2.05) is 0 Å². The van der Waals surface area contributed by atoms with Gasteiger partial charge in [-0.25, -0.2) is 26.5 Å². The first-order valence-corrected chi connectivity index (χ1v) is 9.56. The van der Waals surface area contributed by atoms with Crippen molar-refractivity contribution in [1.29, 1.82) is 0 Å². The minimum atomic E-state index is -3.76. The Morgan fingerprint density at radius 2 is 1.91 bits per heavy atom. The van der Waals surface area contributed by atoms with Gasteiger partial charge in [0.2, 0.25) is 5.95 Å². The van der Waals surface area contributed by atoms with E-state index in [-0.39, 0.29) is 11.5 Å². The summed E-state index contributed by atoms with van der Waals surface area (Å²) in [6.45, 7) is -0.817. The smallest absolute Gasteiger partial charge is 0.282 e. The molecule has 0 bridgehead atoms. The molecule has 7 nitrogen and oxygen atoms in total. The summed E-state index contributed by atoms with van der Waals surface area (Å²) >= 11 is 0. The van der Waals surface area contributed by atoms with Crippen molar-refractivity contribution in [2.24, 2.45) is 0 Å². The van der Waals surface area contributed by atoms with Gasteiger partial charge in [0.25, 0.3) is 5.92 Å². The summed E-state index contributed by atoms with van der Waals surface area (Å²) in [6.07, 6.45) is -1.28. The number of aromatic nitrogens is 4. The molecule has 3 N–H and O–H groups in total. The molecule has 0 aliphatic rings. The first-order chi connectivity index (χ1) is 15.7. The van der Waals surface area contributed by atoms with Crippen LogP contribution >= 0.6 is 0 Å². The van der Waals surface area contributed by atoms with Crippen molar-refractivity contribution in [2.75, 3.05) is 12.3 Å². The van der Waals surface area contributed by atoms with E-state index in [1.165, 1.54) is 28.9 Å². The molecule has 1 aromatic carbocycles. The molecule has 0 fully saturated rings. The van der Waals surface area contributed by atoms with E-state index in [4.69, 9.17) is 10.5 Å². The fraction of sp³-hybridized carbons (Fsp3) is 0.190. The van der Waals surface area contributed by atoms with Crippen molar-refractivity contribution in [2.45, 2.75) is 18.4 Å². The van der Waals surface area contributed by atoms with Crippen LogP contribution in [0, 0.1) is 17.5 Å². The maximum Gasteiger partial charge on any atom is 0.282 e. The summed E-state index contributed by atoms with van der Waals surface area (Å²) in [7, 11) is 0. The molecule has 0 saturated carbocycles. The number of rotatable bonds is 7. The van der Waals surface area contributed by atoms with Gasteiger partial charge in [-0.3, -0.25) is 4.98 Å². The fourth-order valence-corrected chi connectivity index (χ4v) is 3.15. The minimum Gasteiger partial charge on any atom is -0.487 e. The van der Waals surface area contributed by atoms with Crippen molar-refractivity contribution < 1.29 is 31.8 Å². The number of aliphatic hydroxyl groups excluding tert-OH is 1. The number of aliphatic hydroxyl groups is 1. The van der Waals surface area contributed by atoms with E-state index >= 15 is 0 Å². The highest BCUT2D eigenvalue weighted by atomic mass is 19.3. The van der Waals surface area contributed by atoms with E-state index in [0.717, 1.165) is 18.2 Å². The van der Waals surface area contributed by atoms with Gasteiger partial charge in [0.1, 0.15) is 5.82 Å². The predicted molar refractivity (Wildman–Crippen MR) is 107 cm³/mol. The molecule has 4 aromatic rings. The molecule has 0 aliphatic carbocycles. The van der Waals surface area contributed by atoms with Gasteiger partial charge in [-0.05, 0) is 42.0 Å². The van der Waals surface area contributed by atoms with E-state index in [2.05, 4.69) is 15.1 Å². The molecule has 172 valence electrons. The van der Waals surface area contributed by atoms with Gasteiger partial charge in [-0.15, -0.1) is 5.10 Å². The first kappa shape index (κ1) is 22.4. The number of halogens is 5. The third kappa shape index (κ3) is 4.55. The molecule has 3 heterocycles. The Hall–Kier alpha value is -3.80. The summed E-state index contributed by atoms with van der Waals surface area (Å²) in [5.74, 6) is -7.54. The normalized spacial score (nSPS) is 12.8. The SMILES string of the molecule is Nc1nc2cc(-c3ccc(F)c(OCCC(F)(F)C(O)c4ccc(F)cn4)c3F)ccn2n1. The number of fused-ring (bicyclic) bond motifs is 1. The Bertz CT molecular complexity index is 1300. The number of alkyl halides is 2. The van der Waals surface area contributed by atoms with E-state index in [1.54, 1.807) is 0 Å². The summed E-state index contributed by atoms with van der Waals surface area (Å²) in [5.41, 5.74) is 5.64. The van der Waals surface area contributed by atoms with Crippen LogP contribution in [0.5, 0.6) is 5.75 Å². The molecule has 3 aromatic heterocycles. The van der Waals surface area contributed by atoms with Crippen molar-refractivity contribution >= 4 is 11.6 Å². The molecule has 0 spiro atoms. The minimum absolute atomic E-state index is 0.00898. The van der Waals surface area contributed by atoms with E-state index in [9.17, 15) is 27.1 Å². The van der Waals surface area contributed by atoms with Crippen molar-refractivity contribution in [3.05, 3.63) is 71.9 Å². The molecule has 33 heavy (non-hydrogen) atoms. The zero-order valence-corrected chi connectivity index (χ0v) is 16.7. The molecule has 12 heteroatoms. The molecule has 0 saturated heterocycles. The van der Waals surface area contributed by atoms with Crippen LogP contribution in [-0.4, -0.2) is 37.2 Å². The highest BCUT2D eigenvalue weighted by molar-refractivity contribution is 5.69. The highest BCUT2D eigenvalue weighted by Gasteiger charge is 2.40. The molecule has 1 atom stereocenters. The first-order valence-electron chi connectivity index (χ1n) is 9.56. The van der Waals surface area contributed by atoms with E-state index in [0.29, 0.717) is 17.4 Å². The largest absolute Gasteiger partial charge is 0.487 e. The van der Waals surface area contributed by atoms with Gasteiger partial charge in [0.05, 0.1) is 18.5 Å². The summed E-state index contributed by atoms with van der Waals surface area (Å²) in [6, 6.07) is 6.84. The van der Waals surface area contributed by atoms with Gasteiger partial charge in [-0.2, -0.15) is 4.98 Å². The Labute approximate surface area is 183 Å². The molecule has 0 radical (unpaired) electrons. The Morgan fingerprint density at radius 1 is 1.12 bits per heavy atom. The molecule has 4 rings (SSSR count). The number of nitrogens with two attached hydrogens (primary N) is 1. The quantitative estimate of drug-likeness (QED) is 0.402. The van der Waals surface area contributed by atoms with Crippen LogP contribution in [-0.2, 0) is 0 Å². The lowest BCUT2D eigenvalue weighted by molar-refractivity contribution is -0.122. The zero-order valence-electron chi connectivity index (χ0n) is 16.7. The Kier molecular flexibility index (Phi) is 5.85. The maximum atomic E-state index is 15.0. The van der Waals surface area contributed by atoms with Crippen LogP contribution in [0.3, 0.4) is 0 Å². The number of pyridine rings is 2. The number of hydrogen-bond acceptors (Lipinski definition) is 6. The van der Waals surface area contributed by atoms with Crippen LogP contribution in [0.2, 0.25) is 0 Å². The maximum absolute atomic E-state index is 15.0. The van der Waals surface area contributed by atoms with Crippen LogP contribution in [0.1, 0.15) is 18.2 Å². The van der Waals surface area contributed by atoms with Gasteiger partial charge < -0.3 is 15.6 Å². The third-order valence-corrected chi connectivity index (χ3v) is 4.83. The van der Waals surface area contributed by atoms with Crippen molar-refractivity contribution in [1.82, 2.24) is 19.6 Å². The average Bonchev–Trinajstić information content (AvgIpc) is 3.15. The number of nitrogen functional groups attached to an aromatic ring is 1. The highest BCUT2D eigenvalue weighted by Crippen LogP contribution is 2.35. The van der Waals surface area contributed by atoms with Gasteiger partial charge >= 0.3 is 0 Å². The standard InChI is InChI=1S/C21H16F5N5O2/c22-12-1-4-15(28-10-12)19(32)21(25,26)6-8-33-18-14(23)3-2-13(17(18)24)11-5-7-31-16(9-11)29-20(27)30-31/h1-5,7,9-10,19,32H,6,8H2,(H2,27,30). The summed E-state index contributed by atoms with van der Waals surface area (Å²) in [4.78, 5) is 7.38. The second-order valence-corrected chi connectivity index (χ2v) is 7.09. The molecule has 0 aliphatic heterocycles. The van der Waals surface area contributed by atoms with Gasteiger partial charge in [0.15, 0.2) is 29.1 Å². The lowest BCUT2D eigenvalue weighted by Gasteiger charge is -2.22. The summed E-state index contributed by atoms with van der Waals surface area (Å²) < 4.78 is 77.1. The monoisotopic (exact) mass is 465 g/mol. The molecule has 0 amide bonds. The Morgan fingerprint density at radius 3 is 2.64 bits per heavy atom. The summed E-state index contributed by atoms with van der Waals surface area (Å²) in [5, 5.41) is 13.8. The van der Waals surface area contributed by atoms with Crippen LogP contribution in [0.15, 0.2) is 48.8 Å².